The van der Waals surface area contributed by atoms with Gasteiger partial charge in [0.2, 0.25) is 5.88 Å². The van der Waals surface area contributed by atoms with E-state index in [1.807, 2.05) is 38.1 Å². The van der Waals surface area contributed by atoms with Gasteiger partial charge in [0, 0.05) is 24.3 Å². The number of hydrogen-bond donors (Lipinski definition) is 1. The number of carbonyl (C=O) groups is 1. The number of rotatable bonds is 5. The van der Waals surface area contributed by atoms with Crippen LogP contribution in [0.4, 0.5) is 10.5 Å². The second kappa shape index (κ2) is 7.97. The predicted molar refractivity (Wildman–Crippen MR) is 94.6 cm³/mol. The molecule has 0 spiro atoms. The summed E-state index contributed by atoms with van der Waals surface area (Å²) in [7, 11) is 1.75. The second-order valence-corrected chi connectivity index (χ2v) is 6.35. The van der Waals surface area contributed by atoms with E-state index in [1.54, 1.807) is 30.3 Å². The van der Waals surface area contributed by atoms with Crippen molar-refractivity contribution in [3.05, 3.63) is 52.6 Å². The number of ether oxygens (including phenoxy) is 1. The lowest BCUT2D eigenvalue weighted by Crippen LogP contribution is -2.31. The van der Waals surface area contributed by atoms with Crippen molar-refractivity contribution in [3.63, 3.8) is 0 Å². The zero-order valence-electron chi connectivity index (χ0n) is 13.4. The summed E-state index contributed by atoms with van der Waals surface area (Å²) in [6.45, 7) is 4.35. The van der Waals surface area contributed by atoms with Gasteiger partial charge in [0.25, 0.3) is 0 Å². The molecule has 2 rings (SSSR count). The maximum Gasteiger partial charge on any atom is 0.322 e. The van der Waals surface area contributed by atoms with E-state index in [4.69, 9.17) is 4.74 Å². The molecule has 23 heavy (non-hydrogen) atoms. The van der Waals surface area contributed by atoms with Crippen LogP contribution >= 0.6 is 15.9 Å². The van der Waals surface area contributed by atoms with Gasteiger partial charge in [-0.2, -0.15) is 0 Å². The van der Waals surface area contributed by atoms with Gasteiger partial charge in [0.1, 0.15) is 5.69 Å². The lowest BCUT2D eigenvalue weighted by molar-refractivity contribution is 0.219. The van der Waals surface area contributed by atoms with Gasteiger partial charge >= 0.3 is 6.03 Å². The summed E-state index contributed by atoms with van der Waals surface area (Å²) < 4.78 is 6.62. The maximum atomic E-state index is 12.3. The molecule has 0 saturated carbocycles. The van der Waals surface area contributed by atoms with Crippen LogP contribution in [-0.2, 0) is 6.54 Å². The second-order valence-electron chi connectivity index (χ2n) is 5.44. The molecule has 0 aliphatic heterocycles. The fourth-order valence-electron chi connectivity index (χ4n) is 1.95. The molecule has 5 nitrogen and oxygen atoms in total. The smallest absolute Gasteiger partial charge is 0.322 e. The summed E-state index contributed by atoms with van der Waals surface area (Å²) in [6.07, 6.45) is 1.62. The molecule has 0 unspecified atom stereocenters. The summed E-state index contributed by atoms with van der Waals surface area (Å²) >= 11 is 3.40. The first-order valence-electron chi connectivity index (χ1n) is 7.34. The van der Waals surface area contributed by atoms with Gasteiger partial charge in [-0.1, -0.05) is 28.1 Å². The summed E-state index contributed by atoms with van der Waals surface area (Å²) in [6, 6.07) is 11.2. The normalized spacial score (nSPS) is 10.5. The van der Waals surface area contributed by atoms with Crippen LogP contribution in [0.1, 0.15) is 19.4 Å². The number of urea groups is 1. The van der Waals surface area contributed by atoms with Crippen LogP contribution < -0.4 is 10.1 Å². The Balaban J connectivity index is 2.02. The number of aromatic nitrogens is 1. The van der Waals surface area contributed by atoms with E-state index in [2.05, 4.69) is 26.2 Å². The van der Waals surface area contributed by atoms with Crippen molar-refractivity contribution in [1.29, 1.82) is 0 Å². The molecule has 0 aliphatic rings. The Morgan fingerprint density at radius 1 is 1.30 bits per heavy atom. The van der Waals surface area contributed by atoms with Crippen LogP contribution in [0.25, 0.3) is 0 Å². The Bertz CT molecular complexity index is 659. The van der Waals surface area contributed by atoms with Crippen molar-refractivity contribution in [2.24, 2.45) is 0 Å². The predicted octanol–water partition coefficient (Wildman–Crippen LogP) is 4.30. The zero-order valence-corrected chi connectivity index (χ0v) is 15.0. The zero-order chi connectivity index (χ0) is 16.8. The van der Waals surface area contributed by atoms with Crippen LogP contribution in [0.5, 0.6) is 5.88 Å². The molecule has 0 saturated heterocycles. The third-order valence-corrected chi connectivity index (χ3v) is 3.57. The van der Waals surface area contributed by atoms with Crippen molar-refractivity contribution in [3.8, 4) is 5.88 Å². The van der Waals surface area contributed by atoms with Crippen LogP contribution in [0.15, 0.2) is 47.1 Å². The standard InChI is InChI=1S/C17H20BrN3O2/c1-12(2)23-16-15(5-4-10-19-16)20-17(22)21(3)11-13-6-8-14(18)9-7-13/h4-10,12H,11H2,1-3H3,(H,20,22). The average Bonchev–Trinajstić information content (AvgIpc) is 2.51. The number of halogens is 1. The molecule has 0 fully saturated rings. The fraction of sp³-hybridized carbons (Fsp3) is 0.294. The molecule has 2 amide bonds. The lowest BCUT2D eigenvalue weighted by atomic mass is 10.2. The third-order valence-electron chi connectivity index (χ3n) is 3.04. The van der Waals surface area contributed by atoms with Crippen molar-refractivity contribution in [2.75, 3.05) is 12.4 Å². The SMILES string of the molecule is CC(C)Oc1ncccc1NC(=O)N(C)Cc1ccc(Br)cc1. The average molecular weight is 378 g/mol. The van der Waals surface area contributed by atoms with Gasteiger partial charge in [0.05, 0.1) is 6.10 Å². The molecular weight excluding hydrogens is 358 g/mol. The Labute approximate surface area is 144 Å². The lowest BCUT2D eigenvalue weighted by Gasteiger charge is -2.19. The highest BCUT2D eigenvalue weighted by atomic mass is 79.9. The molecule has 0 bridgehead atoms. The van der Waals surface area contributed by atoms with E-state index in [9.17, 15) is 4.79 Å². The number of hydrogen-bond acceptors (Lipinski definition) is 3. The van der Waals surface area contributed by atoms with Crippen LogP contribution in [0.2, 0.25) is 0 Å². The topological polar surface area (TPSA) is 54.5 Å². The minimum Gasteiger partial charge on any atom is -0.473 e. The molecule has 122 valence electrons. The van der Waals surface area contributed by atoms with E-state index >= 15 is 0 Å². The molecule has 1 heterocycles. The number of nitrogens with zero attached hydrogens (tertiary/aromatic N) is 2. The van der Waals surface area contributed by atoms with Crippen molar-refractivity contribution in [1.82, 2.24) is 9.88 Å². The van der Waals surface area contributed by atoms with E-state index in [0.717, 1.165) is 10.0 Å². The van der Waals surface area contributed by atoms with Crippen LogP contribution in [0, 0.1) is 0 Å². The van der Waals surface area contributed by atoms with Gasteiger partial charge in [-0.15, -0.1) is 0 Å². The third kappa shape index (κ3) is 5.25. The van der Waals surface area contributed by atoms with Gasteiger partial charge in [-0.05, 0) is 43.7 Å². The molecule has 1 N–H and O–H groups in total. The number of pyridine rings is 1. The molecular formula is C17H20BrN3O2. The maximum absolute atomic E-state index is 12.3. The molecule has 6 heteroatoms. The van der Waals surface area contributed by atoms with E-state index < -0.39 is 0 Å². The molecule has 1 aromatic heterocycles. The summed E-state index contributed by atoms with van der Waals surface area (Å²) in [5, 5.41) is 2.84. The molecule has 0 atom stereocenters. The van der Waals surface area contributed by atoms with Crippen molar-refractivity contribution in [2.45, 2.75) is 26.5 Å². The highest BCUT2D eigenvalue weighted by Crippen LogP contribution is 2.22. The molecule has 2 aromatic rings. The Kier molecular flexibility index (Phi) is 5.98. The summed E-state index contributed by atoms with van der Waals surface area (Å²) in [4.78, 5) is 18.1. The number of amides is 2. The van der Waals surface area contributed by atoms with E-state index in [0.29, 0.717) is 18.1 Å². The summed E-state index contributed by atoms with van der Waals surface area (Å²) in [5.74, 6) is 0.424. The quantitative estimate of drug-likeness (QED) is 0.844. The summed E-state index contributed by atoms with van der Waals surface area (Å²) in [5.41, 5.74) is 1.62. The highest BCUT2D eigenvalue weighted by molar-refractivity contribution is 9.10. The highest BCUT2D eigenvalue weighted by Gasteiger charge is 2.13. The van der Waals surface area contributed by atoms with Gasteiger partial charge < -0.3 is 15.0 Å². The minimum atomic E-state index is -0.213. The van der Waals surface area contributed by atoms with Gasteiger partial charge in [-0.25, -0.2) is 9.78 Å². The monoisotopic (exact) mass is 377 g/mol. The Morgan fingerprint density at radius 2 is 2.00 bits per heavy atom. The van der Waals surface area contributed by atoms with Crippen molar-refractivity contribution >= 4 is 27.6 Å². The number of benzene rings is 1. The Hall–Kier alpha value is -2.08. The number of anilines is 1. The van der Waals surface area contributed by atoms with E-state index in [1.165, 1.54) is 0 Å². The molecule has 0 aliphatic carbocycles. The van der Waals surface area contributed by atoms with E-state index in [-0.39, 0.29) is 12.1 Å². The fourth-order valence-corrected chi connectivity index (χ4v) is 2.21. The Morgan fingerprint density at radius 3 is 2.65 bits per heavy atom. The van der Waals surface area contributed by atoms with Gasteiger partial charge in [0.15, 0.2) is 0 Å². The van der Waals surface area contributed by atoms with Crippen molar-refractivity contribution < 1.29 is 9.53 Å². The van der Waals surface area contributed by atoms with Crippen LogP contribution in [0.3, 0.4) is 0 Å². The molecule has 0 radical (unpaired) electrons. The largest absolute Gasteiger partial charge is 0.473 e. The van der Waals surface area contributed by atoms with Gasteiger partial charge in [-0.3, -0.25) is 0 Å². The number of carbonyl (C=O) groups excluding carboxylic acids is 1. The minimum absolute atomic E-state index is 0.0129. The first-order valence-corrected chi connectivity index (χ1v) is 8.13. The first-order chi connectivity index (χ1) is 11.0. The first kappa shape index (κ1) is 17.3. The number of nitrogens with one attached hydrogen (secondary N) is 1. The van der Waals surface area contributed by atoms with Crippen LogP contribution in [-0.4, -0.2) is 29.1 Å². The molecule has 1 aromatic carbocycles.